The van der Waals surface area contributed by atoms with Crippen molar-refractivity contribution in [3.05, 3.63) is 44.8 Å². The minimum atomic E-state index is 0.253. The quantitative estimate of drug-likeness (QED) is 0.851. The summed E-state index contributed by atoms with van der Waals surface area (Å²) in [5.74, 6) is 0. The van der Waals surface area contributed by atoms with Crippen LogP contribution in [-0.2, 0) is 6.54 Å². The van der Waals surface area contributed by atoms with E-state index < -0.39 is 0 Å². The van der Waals surface area contributed by atoms with Gasteiger partial charge in [0.1, 0.15) is 5.01 Å². The summed E-state index contributed by atoms with van der Waals surface area (Å²) in [5.41, 5.74) is 7.71. The zero-order valence-electron chi connectivity index (χ0n) is 9.48. The van der Waals surface area contributed by atoms with Crippen molar-refractivity contribution in [3.63, 3.8) is 0 Å². The first-order valence-corrected chi connectivity index (χ1v) is 7.01. The topological polar surface area (TPSA) is 50.9 Å². The summed E-state index contributed by atoms with van der Waals surface area (Å²) in [6.07, 6.45) is 1.83. The minimum Gasteiger partial charge on any atom is -0.399 e. The Hall–Kier alpha value is -0.910. The van der Waals surface area contributed by atoms with Crippen LogP contribution in [-0.4, -0.2) is 4.98 Å². The smallest absolute Gasteiger partial charge is 0.109 e. The van der Waals surface area contributed by atoms with Crippen LogP contribution in [0.15, 0.2) is 34.2 Å². The van der Waals surface area contributed by atoms with Crippen LogP contribution in [0.25, 0.3) is 0 Å². The van der Waals surface area contributed by atoms with Crippen LogP contribution in [0.5, 0.6) is 0 Å². The van der Waals surface area contributed by atoms with Crippen LogP contribution in [0, 0.1) is 0 Å². The Morgan fingerprint density at radius 2 is 2.35 bits per heavy atom. The lowest BCUT2D eigenvalue weighted by Crippen LogP contribution is -2.18. The maximum absolute atomic E-state index is 5.77. The molecule has 3 N–H and O–H groups in total. The maximum Gasteiger partial charge on any atom is 0.109 e. The van der Waals surface area contributed by atoms with Crippen molar-refractivity contribution in [3.8, 4) is 0 Å². The first-order valence-electron chi connectivity index (χ1n) is 5.33. The normalized spacial score (nSPS) is 12.6. The Kier molecular flexibility index (Phi) is 4.15. The fraction of sp³-hybridized carbons (Fsp3) is 0.250. The Morgan fingerprint density at radius 1 is 1.53 bits per heavy atom. The van der Waals surface area contributed by atoms with Crippen LogP contribution >= 0.6 is 27.3 Å². The number of aromatic nitrogens is 1. The molecular weight excluding hydrogens is 298 g/mol. The number of anilines is 1. The molecule has 0 spiro atoms. The van der Waals surface area contributed by atoms with E-state index in [0.717, 1.165) is 27.3 Å². The predicted octanol–water partition coefficient (Wildman–Crippen LogP) is 3.34. The summed E-state index contributed by atoms with van der Waals surface area (Å²) in [4.78, 5) is 4.29. The van der Waals surface area contributed by atoms with Crippen LogP contribution in [0.3, 0.4) is 0 Å². The molecule has 3 nitrogen and oxygen atoms in total. The van der Waals surface area contributed by atoms with Crippen LogP contribution in [0.2, 0.25) is 0 Å². The van der Waals surface area contributed by atoms with Gasteiger partial charge in [0.25, 0.3) is 0 Å². The summed E-state index contributed by atoms with van der Waals surface area (Å²) in [7, 11) is 0. The third kappa shape index (κ3) is 3.28. The highest BCUT2D eigenvalue weighted by Crippen LogP contribution is 2.21. The molecule has 0 bridgehead atoms. The lowest BCUT2D eigenvalue weighted by molar-refractivity contribution is 0.571. The van der Waals surface area contributed by atoms with Crippen molar-refractivity contribution < 1.29 is 0 Å². The van der Waals surface area contributed by atoms with Gasteiger partial charge in [-0.3, -0.25) is 0 Å². The molecular formula is C12H14BrN3S. The molecule has 1 heterocycles. The molecule has 0 aliphatic heterocycles. The molecule has 0 radical (unpaired) electrons. The van der Waals surface area contributed by atoms with Crippen molar-refractivity contribution in [2.75, 3.05) is 5.73 Å². The molecule has 0 saturated carbocycles. The van der Waals surface area contributed by atoms with Gasteiger partial charge in [-0.15, -0.1) is 11.3 Å². The van der Waals surface area contributed by atoms with E-state index in [1.165, 1.54) is 0 Å². The van der Waals surface area contributed by atoms with Gasteiger partial charge < -0.3 is 11.1 Å². The number of nitrogen functional groups attached to an aromatic ring is 1. The largest absolute Gasteiger partial charge is 0.399 e. The summed E-state index contributed by atoms with van der Waals surface area (Å²) in [6.45, 7) is 2.88. The molecule has 90 valence electrons. The highest BCUT2D eigenvalue weighted by Gasteiger charge is 2.08. The molecule has 0 fully saturated rings. The third-order valence-corrected chi connectivity index (χ3v) is 4.22. The number of nitrogens with one attached hydrogen (secondary N) is 1. The van der Waals surface area contributed by atoms with Crippen LogP contribution < -0.4 is 11.1 Å². The molecule has 2 aromatic rings. The standard InChI is InChI=1S/C12H14BrN3S/c1-8(12-15-4-5-17-12)16-7-9-6-10(14)2-3-11(9)13/h2-6,8,16H,7,14H2,1H3. The molecule has 5 heteroatoms. The van der Waals surface area contributed by atoms with Gasteiger partial charge in [0.2, 0.25) is 0 Å². The second-order valence-corrected chi connectivity index (χ2v) is 5.60. The zero-order valence-corrected chi connectivity index (χ0v) is 11.9. The Bertz CT molecular complexity index is 485. The van der Waals surface area contributed by atoms with Gasteiger partial charge in [-0.2, -0.15) is 0 Å². The fourth-order valence-electron chi connectivity index (χ4n) is 1.53. The highest BCUT2D eigenvalue weighted by molar-refractivity contribution is 9.10. The molecule has 0 amide bonds. The van der Waals surface area contributed by atoms with E-state index in [9.17, 15) is 0 Å². The molecule has 1 aromatic heterocycles. The number of thiazole rings is 1. The Balaban J connectivity index is 2.00. The number of hydrogen-bond acceptors (Lipinski definition) is 4. The average molecular weight is 312 g/mol. The van der Waals surface area contributed by atoms with Gasteiger partial charge in [-0.25, -0.2) is 4.98 Å². The second-order valence-electron chi connectivity index (χ2n) is 3.82. The van der Waals surface area contributed by atoms with Crippen LogP contribution in [0.4, 0.5) is 5.69 Å². The molecule has 1 aromatic carbocycles. The Morgan fingerprint density at radius 3 is 3.06 bits per heavy atom. The van der Waals surface area contributed by atoms with Gasteiger partial charge >= 0.3 is 0 Å². The SMILES string of the molecule is CC(NCc1cc(N)ccc1Br)c1nccs1. The minimum absolute atomic E-state index is 0.253. The number of hydrogen-bond donors (Lipinski definition) is 2. The monoisotopic (exact) mass is 311 g/mol. The predicted molar refractivity (Wildman–Crippen MR) is 75.9 cm³/mol. The Labute approximate surface area is 113 Å². The van der Waals surface area contributed by atoms with Crippen molar-refractivity contribution >= 4 is 33.0 Å². The lowest BCUT2D eigenvalue weighted by atomic mass is 10.2. The van der Waals surface area contributed by atoms with E-state index in [4.69, 9.17) is 5.73 Å². The van der Waals surface area contributed by atoms with Gasteiger partial charge in [0.15, 0.2) is 0 Å². The zero-order chi connectivity index (χ0) is 12.3. The van der Waals surface area contributed by atoms with Gasteiger partial charge in [0, 0.05) is 28.3 Å². The third-order valence-electron chi connectivity index (χ3n) is 2.49. The van der Waals surface area contributed by atoms with E-state index in [2.05, 4.69) is 33.2 Å². The van der Waals surface area contributed by atoms with E-state index in [0.29, 0.717) is 0 Å². The molecule has 17 heavy (non-hydrogen) atoms. The van der Waals surface area contributed by atoms with E-state index in [1.807, 2.05) is 29.8 Å². The van der Waals surface area contributed by atoms with Gasteiger partial charge in [-0.1, -0.05) is 15.9 Å². The van der Waals surface area contributed by atoms with E-state index >= 15 is 0 Å². The van der Waals surface area contributed by atoms with Crippen molar-refractivity contribution in [1.29, 1.82) is 0 Å². The fourth-order valence-corrected chi connectivity index (χ4v) is 2.59. The molecule has 1 unspecified atom stereocenters. The van der Waals surface area contributed by atoms with Crippen molar-refractivity contribution in [2.45, 2.75) is 19.5 Å². The number of nitrogens with zero attached hydrogens (tertiary/aromatic N) is 1. The molecule has 1 atom stereocenters. The summed E-state index contributed by atoms with van der Waals surface area (Å²) in [5, 5.41) is 6.52. The van der Waals surface area contributed by atoms with Crippen LogP contribution in [0.1, 0.15) is 23.5 Å². The first kappa shape index (κ1) is 12.5. The number of benzene rings is 1. The number of rotatable bonds is 4. The van der Waals surface area contributed by atoms with Gasteiger partial charge in [0.05, 0.1) is 6.04 Å². The molecule has 0 saturated heterocycles. The average Bonchev–Trinajstić information content (AvgIpc) is 2.83. The van der Waals surface area contributed by atoms with Gasteiger partial charge in [-0.05, 0) is 30.7 Å². The van der Waals surface area contributed by atoms with E-state index in [-0.39, 0.29) is 6.04 Å². The first-order chi connectivity index (χ1) is 8.16. The molecule has 0 aliphatic carbocycles. The molecule has 2 rings (SSSR count). The second kappa shape index (κ2) is 5.62. The summed E-state index contributed by atoms with van der Waals surface area (Å²) < 4.78 is 1.07. The highest BCUT2D eigenvalue weighted by atomic mass is 79.9. The summed E-state index contributed by atoms with van der Waals surface area (Å²) >= 11 is 5.18. The van der Waals surface area contributed by atoms with Crippen molar-refractivity contribution in [1.82, 2.24) is 10.3 Å². The lowest BCUT2D eigenvalue weighted by Gasteiger charge is -2.12. The van der Waals surface area contributed by atoms with Crippen molar-refractivity contribution in [2.24, 2.45) is 0 Å². The summed E-state index contributed by atoms with van der Waals surface area (Å²) in [6, 6.07) is 6.09. The molecule has 0 aliphatic rings. The number of nitrogens with two attached hydrogens (primary N) is 1. The number of halogens is 1. The van der Waals surface area contributed by atoms with E-state index in [1.54, 1.807) is 11.3 Å². The maximum atomic E-state index is 5.77.